The summed E-state index contributed by atoms with van der Waals surface area (Å²) in [5.41, 5.74) is 4.19. The lowest BCUT2D eigenvalue weighted by Gasteiger charge is -2.20. The van der Waals surface area contributed by atoms with E-state index < -0.39 is 0 Å². The number of carbonyl (C=O) groups excluding carboxylic acids is 1. The first kappa shape index (κ1) is 24.7. The molecule has 4 aromatic rings. The number of benzene rings is 3. The summed E-state index contributed by atoms with van der Waals surface area (Å²) >= 11 is 2.28. The van der Waals surface area contributed by atoms with Crippen LogP contribution in [0.25, 0.3) is 5.69 Å². The smallest absolute Gasteiger partial charge is 0.323 e. The van der Waals surface area contributed by atoms with E-state index in [9.17, 15) is 4.79 Å². The van der Waals surface area contributed by atoms with Gasteiger partial charge < -0.3 is 20.3 Å². The molecule has 2 N–H and O–H groups in total. The molecule has 0 aliphatic carbocycles. The maximum absolute atomic E-state index is 12.7. The van der Waals surface area contributed by atoms with Gasteiger partial charge >= 0.3 is 6.03 Å². The number of rotatable bonds is 7. The molecular weight excluding hydrogens is 553 g/mol. The molecule has 1 unspecified atom stereocenters. The molecule has 0 saturated heterocycles. The van der Waals surface area contributed by atoms with Gasteiger partial charge in [0, 0.05) is 21.4 Å². The van der Waals surface area contributed by atoms with Gasteiger partial charge in [-0.3, -0.25) is 0 Å². The Balaban J connectivity index is 1.50. The first-order valence-electron chi connectivity index (χ1n) is 11.2. The van der Waals surface area contributed by atoms with E-state index in [1.165, 1.54) is 5.56 Å². The molecule has 0 spiro atoms. The summed E-state index contributed by atoms with van der Waals surface area (Å²) in [4.78, 5) is 14.9. The summed E-state index contributed by atoms with van der Waals surface area (Å²) in [6.45, 7) is 4.06. The number of nitrogens with zero attached hydrogens (tertiary/aromatic N) is 3. The van der Waals surface area contributed by atoms with Crippen molar-refractivity contribution in [2.75, 3.05) is 24.7 Å². The van der Waals surface area contributed by atoms with Gasteiger partial charge in [-0.25, -0.2) is 4.79 Å². The second-order valence-corrected chi connectivity index (χ2v) is 9.59. The molecule has 180 valence electrons. The highest BCUT2D eigenvalue weighted by molar-refractivity contribution is 14.1. The minimum Gasteiger partial charge on any atom is -0.437 e. The van der Waals surface area contributed by atoms with Crippen molar-refractivity contribution in [2.24, 2.45) is 0 Å². The second kappa shape index (κ2) is 10.9. The number of anilines is 2. The fourth-order valence-electron chi connectivity index (χ4n) is 3.54. The number of hydrogen-bond acceptors (Lipinski definition) is 4. The standard InChI is InChI=1S/C27H28IN5O2/c1-18-17-26(33(31-18)24-11-7-5-9-22(24)28)35-25-12-8-6-10-23(25)30-27(34)29-21-15-13-20(14-16-21)19(2)32(3)4/h5-17,19H,1-4H3,(H2,29,30,34). The molecule has 7 nitrogen and oxygen atoms in total. The fraction of sp³-hybridized carbons (Fsp3) is 0.185. The predicted molar refractivity (Wildman–Crippen MR) is 149 cm³/mol. The number of carbonyl (C=O) groups is 1. The quantitative estimate of drug-likeness (QED) is 0.235. The molecular formula is C27H28IN5O2. The summed E-state index contributed by atoms with van der Waals surface area (Å²) in [5.74, 6) is 1.08. The lowest BCUT2D eigenvalue weighted by atomic mass is 10.1. The Morgan fingerprint density at radius 1 is 1.00 bits per heavy atom. The lowest BCUT2D eigenvalue weighted by molar-refractivity contribution is 0.262. The number of amides is 2. The van der Waals surface area contributed by atoms with Crippen molar-refractivity contribution < 1.29 is 9.53 Å². The summed E-state index contributed by atoms with van der Waals surface area (Å²) in [5, 5.41) is 10.4. The molecule has 8 heteroatoms. The molecule has 3 aromatic carbocycles. The Morgan fingerprint density at radius 3 is 2.40 bits per heavy atom. The number of aromatic nitrogens is 2. The molecule has 0 aliphatic rings. The van der Waals surface area contributed by atoms with Crippen LogP contribution in [0.4, 0.5) is 16.2 Å². The molecule has 0 aliphatic heterocycles. The maximum Gasteiger partial charge on any atom is 0.323 e. The van der Waals surface area contributed by atoms with E-state index >= 15 is 0 Å². The second-order valence-electron chi connectivity index (χ2n) is 8.43. The Labute approximate surface area is 219 Å². The van der Waals surface area contributed by atoms with Crippen LogP contribution in [0.5, 0.6) is 11.6 Å². The Bertz CT molecular complexity index is 1320. The van der Waals surface area contributed by atoms with Gasteiger partial charge in [-0.15, -0.1) is 0 Å². The molecule has 0 bridgehead atoms. The van der Waals surface area contributed by atoms with E-state index in [0.717, 1.165) is 15.0 Å². The highest BCUT2D eigenvalue weighted by atomic mass is 127. The van der Waals surface area contributed by atoms with Gasteiger partial charge in [-0.2, -0.15) is 9.78 Å². The van der Waals surface area contributed by atoms with E-state index in [2.05, 4.69) is 50.1 Å². The summed E-state index contributed by atoms with van der Waals surface area (Å²) in [6, 6.07) is 24.9. The van der Waals surface area contributed by atoms with Gasteiger partial charge in [-0.1, -0.05) is 36.4 Å². The monoisotopic (exact) mass is 581 g/mol. The first-order valence-corrected chi connectivity index (χ1v) is 12.3. The Morgan fingerprint density at radius 2 is 1.69 bits per heavy atom. The summed E-state index contributed by atoms with van der Waals surface area (Å²) in [6.07, 6.45) is 0. The third kappa shape index (κ3) is 6.01. The number of halogens is 1. The van der Waals surface area contributed by atoms with Crippen molar-refractivity contribution in [3.05, 3.63) is 93.7 Å². The largest absolute Gasteiger partial charge is 0.437 e. The SMILES string of the molecule is Cc1cc(Oc2ccccc2NC(=O)Nc2ccc(C(C)N(C)C)cc2)n(-c2ccccc2I)n1. The Hall–Kier alpha value is -3.37. The van der Waals surface area contributed by atoms with Crippen molar-refractivity contribution in [3.63, 3.8) is 0 Å². The number of para-hydroxylation sites is 3. The van der Waals surface area contributed by atoms with Crippen LogP contribution in [0.3, 0.4) is 0 Å². The van der Waals surface area contributed by atoms with Crippen LogP contribution in [0.15, 0.2) is 78.9 Å². The maximum atomic E-state index is 12.7. The Kier molecular flexibility index (Phi) is 7.72. The average molecular weight is 581 g/mol. The predicted octanol–water partition coefficient (Wildman–Crippen LogP) is 6.84. The minimum atomic E-state index is -0.350. The van der Waals surface area contributed by atoms with Crippen molar-refractivity contribution in [1.82, 2.24) is 14.7 Å². The number of hydrogen-bond donors (Lipinski definition) is 2. The molecule has 35 heavy (non-hydrogen) atoms. The molecule has 2 amide bonds. The molecule has 4 rings (SSSR count). The lowest BCUT2D eigenvalue weighted by Crippen LogP contribution is -2.20. The number of aryl methyl sites for hydroxylation is 1. The number of ether oxygens (including phenoxy) is 1. The molecule has 1 aromatic heterocycles. The zero-order valence-electron chi connectivity index (χ0n) is 20.1. The van der Waals surface area contributed by atoms with Crippen LogP contribution in [0.2, 0.25) is 0 Å². The highest BCUT2D eigenvalue weighted by Crippen LogP contribution is 2.32. The van der Waals surface area contributed by atoms with Gasteiger partial charge in [0.05, 0.1) is 17.1 Å². The summed E-state index contributed by atoms with van der Waals surface area (Å²) in [7, 11) is 4.08. The third-order valence-corrected chi connectivity index (χ3v) is 6.57. The molecule has 0 fully saturated rings. The van der Waals surface area contributed by atoms with Crippen molar-refractivity contribution >= 4 is 40.0 Å². The van der Waals surface area contributed by atoms with Crippen molar-refractivity contribution in [2.45, 2.75) is 19.9 Å². The van der Waals surface area contributed by atoms with Gasteiger partial charge in [0.1, 0.15) is 0 Å². The van der Waals surface area contributed by atoms with Gasteiger partial charge in [0.2, 0.25) is 5.88 Å². The molecule has 0 radical (unpaired) electrons. The normalized spacial score (nSPS) is 11.8. The van der Waals surface area contributed by atoms with E-state index in [4.69, 9.17) is 4.74 Å². The van der Waals surface area contributed by atoms with E-state index in [-0.39, 0.29) is 12.1 Å². The average Bonchev–Trinajstić information content (AvgIpc) is 3.20. The van der Waals surface area contributed by atoms with Gasteiger partial charge in [-0.05, 0) is 92.5 Å². The van der Waals surface area contributed by atoms with Gasteiger partial charge in [0.25, 0.3) is 0 Å². The fourth-order valence-corrected chi connectivity index (χ4v) is 4.16. The zero-order valence-corrected chi connectivity index (χ0v) is 22.3. The topological polar surface area (TPSA) is 71.4 Å². The summed E-state index contributed by atoms with van der Waals surface area (Å²) < 4.78 is 9.06. The molecule has 1 atom stereocenters. The number of urea groups is 1. The van der Waals surface area contributed by atoms with Crippen LogP contribution >= 0.6 is 22.6 Å². The van der Waals surface area contributed by atoms with Crippen LogP contribution in [0.1, 0.15) is 24.2 Å². The third-order valence-electron chi connectivity index (χ3n) is 5.65. The number of nitrogens with one attached hydrogen (secondary N) is 2. The van der Waals surface area contributed by atoms with Crippen LogP contribution in [0, 0.1) is 10.5 Å². The van der Waals surface area contributed by atoms with E-state index in [0.29, 0.717) is 23.0 Å². The van der Waals surface area contributed by atoms with Crippen LogP contribution < -0.4 is 15.4 Å². The molecule has 1 heterocycles. The molecule has 0 saturated carbocycles. The minimum absolute atomic E-state index is 0.290. The van der Waals surface area contributed by atoms with Crippen molar-refractivity contribution in [1.29, 1.82) is 0 Å². The van der Waals surface area contributed by atoms with Crippen LogP contribution in [-0.4, -0.2) is 34.8 Å². The first-order chi connectivity index (χ1) is 16.8. The zero-order chi connectivity index (χ0) is 24.9. The highest BCUT2D eigenvalue weighted by Gasteiger charge is 2.15. The van der Waals surface area contributed by atoms with E-state index in [1.807, 2.05) is 93.8 Å². The van der Waals surface area contributed by atoms with Gasteiger partial charge in [0.15, 0.2) is 5.75 Å². The van der Waals surface area contributed by atoms with Crippen molar-refractivity contribution in [3.8, 4) is 17.3 Å². The van der Waals surface area contributed by atoms with Crippen LogP contribution in [-0.2, 0) is 0 Å². The van der Waals surface area contributed by atoms with E-state index in [1.54, 1.807) is 10.7 Å².